The van der Waals surface area contributed by atoms with Crippen molar-refractivity contribution in [3.05, 3.63) is 47.9 Å². The normalized spacial score (nSPS) is 10.5. The summed E-state index contributed by atoms with van der Waals surface area (Å²) in [4.78, 5) is 20.2. The summed E-state index contributed by atoms with van der Waals surface area (Å²) in [5.41, 5.74) is 1.24. The van der Waals surface area contributed by atoms with Gasteiger partial charge in [-0.25, -0.2) is 9.97 Å². The Hall–Kier alpha value is -2.43. The van der Waals surface area contributed by atoms with Crippen LogP contribution in [0.2, 0.25) is 0 Å². The number of nitrogens with zero attached hydrogens (tertiary/aromatic N) is 2. The van der Waals surface area contributed by atoms with Crippen molar-refractivity contribution in [3.8, 4) is 5.75 Å². The minimum Gasteiger partial charge on any atom is -0.484 e. The van der Waals surface area contributed by atoms with Crippen molar-refractivity contribution in [2.24, 2.45) is 0 Å². The molecule has 22 heavy (non-hydrogen) atoms. The topological polar surface area (TPSA) is 64.1 Å². The summed E-state index contributed by atoms with van der Waals surface area (Å²) in [7, 11) is 0. The number of carbonyl (C=O) groups is 1. The maximum absolute atomic E-state index is 11.9. The van der Waals surface area contributed by atoms with E-state index in [4.69, 9.17) is 4.74 Å². The minimum absolute atomic E-state index is 0.0491. The lowest BCUT2D eigenvalue weighted by atomic mass is 10.0. The van der Waals surface area contributed by atoms with Gasteiger partial charge in [0.05, 0.1) is 0 Å². The Morgan fingerprint density at radius 1 is 1.23 bits per heavy atom. The average molecular weight is 299 g/mol. The monoisotopic (exact) mass is 299 g/mol. The van der Waals surface area contributed by atoms with Gasteiger partial charge in [0.2, 0.25) is 0 Å². The molecule has 1 heterocycles. The molecule has 0 saturated heterocycles. The number of anilines is 1. The smallest absolute Gasteiger partial charge is 0.263 e. The molecule has 5 heteroatoms. The number of hydrogen-bond donors (Lipinski definition) is 1. The first-order valence-corrected chi connectivity index (χ1v) is 7.43. The number of amides is 1. The van der Waals surface area contributed by atoms with E-state index in [1.54, 1.807) is 12.3 Å². The quantitative estimate of drug-likeness (QED) is 0.889. The summed E-state index contributed by atoms with van der Waals surface area (Å²) >= 11 is 0. The molecule has 1 amide bonds. The third-order valence-corrected chi connectivity index (χ3v) is 3.21. The van der Waals surface area contributed by atoms with Gasteiger partial charge in [-0.1, -0.05) is 32.9 Å². The fraction of sp³-hybridized carbons (Fsp3) is 0.353. The third-order valence-electron chi connectivity index (χ3n) is 3.21. The predicted octanol–water partition coefficient (Wildman–Crippen LogP) is 3.18. The summed E-state index contributed by atoms with van der Waals surface area (Å²) in [5.74, 6) is 2.10. The molecule has 1 aromatic carbocycles. The van der Waals surface area contributed by atoms with Gasteiger partial charge in [-0.3, -0.25) is 4.79 Å². The summed E-state index contributed by atoms with van der Waals surface area (Å²) in [6, 6.07) is 9.44. The van der Waals surface area contributed by atoms with Gasteiger partial charge in [0.1, 0.15) is 17.4 Å². The summed E-state index contributed by atoms with van der Waals surface area (Å²) in [6.07, 6.45) is 2.36. The van der Waals surface area contributed by atoms with E-state index < -0.39 is 0 Å². The van der Waals surface area contributed by atoms with Gasteiger partial charge in [0.25, 0.3) is 5.91 Å². The third kappa shape index (κ3) is 4.55. The standard InChI is InChI=1S/C17H21N3O2/c1-4-15-18-10-9-16(19-15)20-17(21)11-22-14-7-5-13(6-8-14)12(2)3/h5-10,12H,4,11H2,1-3H3,(H,18,19,20,21). The van der Waals surface area contributed by atoms with Gasteiger partial charge in [-0.2, -0.15) is 0 Å². The maximum Gasteiger partial charge on any atom is 0.263 e. The summed E-state index contributed by atoms with van der Waals surface area (Å²) in [5, 5.41) is 2.70. The fourth-order valence-corrected chi connectivity index (χ4v) is 1.92. The number of ether oxygens (including phenoxy) is 1. The van der Waals surface area contributed by atoms with E-state index >= 15 is 0 Å². The van der Waals surface area contributed by atoms with E-state index in [2.05, 4.69) is 29.1 Å². The SMILES string of the molecule is CCc1nccc(NC(=O)COc2ccc(C(C)C)cc2)n1. The first-order valence-electron chi connectivity index (χ1n) is 7.43. The van der Waals surface area contributed by atoms with Crippen LogP contribution in [0.5, 0.6) is 5.75 Å². The lowest BCUT2D eigenvalue weighted by Crippen LogP contribution is -2.21. The molecule has 0 spiro atoms. The van der Waals surface area contributed by atoms with Crippen LogP contribution in [-0.2, 0) is 11.2 Å². The molecular formula is C17H21N3O2. The highest BCUT2D eigenvalue weighted by molar-refractivity contribution is 5.90. The van der Waals surface area contributed by atoms with Crippen LogP contribution in [0.15, 0.2) is 36.5 Å². The maximum atomic E-state index is 11.9. The van der Waals surface area contributed by atoms with Gasteiger partial charge < -0.3 is 10.1 Å². The van der Waals surface area contributed by atoms with Gasteiger partial charge in [0.15, 0.2) is 6.61 Å². The number of benzene rings is 1. The average Bonchev–Trinajstić information content (AvgIpc) is 2.53. The highest BCUT2D eigenvalue weighted by Gasteiger charge is 2.06. The second kappa shape index (κ2) is 7.54. The lowest BCUT2D eigenvalue weighted by Gasteiger charge is -2.09. The second-order valence-corrected chi connectivity index (χ2v) is 5.27. The zero-order valence-corrected chi connectivity index (χ0v) is 13.2. The van der Waals surface area contributed by atoms with Gasteiger partial charge in [0, 0.05) is 12.6 Å². The number of rotatable bonds is 6. The van der Waals surface area contributed by atoms with Gasteiger partial charge in [-0.15, -0.1) is 0 Å². The molecule has 116 valence electrons. The molecule has 0 fully saturated rings. The highest BCUT2D eigenvalue weighted by Crippen LogP contribution is 2.18. The molecule has 1 aromatic heterocycles. The van der Waals surface area contributed by atoms with Gasteiger partial charge in [-0.05, 0) is 29.7 Å². The van der Waals surface area contributed by atoms with Crippen LogP contribution in [-0.4, -0.2) is 22.5 Å². The molecule has 0 aliphatic heterocycles. The Balaban J connectivity index is 1.87. The molecule has 0 saturated carbocycles. The van der Waals surface area contributed by atoms with E-state index in [0.29, 0.717) is 23.3 Å². The molecule has 0 bridgehead atoms. The van der Waals surface area contributed by atoms with E-state index in [9.17, 15) is 4.79 Å². The van der Waals surface area contributed by atoms with Crippen LogP contribution >= 0.6 is 0 Å². The molecule has 5 nitrogen and oxygen atoms in total. The Kier molecular flexibility index (Phi) is 5.47. The largest absolute Gasteiger partial charge is 0.484 e. The summed E-state index contributed by atoms with van der Waals surface area (Å²) < 4.78 is 5.48. The molecule has 2 rings (SSSR count). The first-order chi connectivity index (χ1) is 10.6. The first kappa shape index (κ1) is 15.9. The van der Waals surface area contributed by atoms with E-state index in [1.165, 1.54) is 5.56 Å². The molecule has 0 radical (unpaired) electrons. The highest BCUT2D eigenvalue weighted by atomic mass is 16.5. The van der Waals surface area contributed by atoms with Crippen LogP contribution in [0.4, 0.5) is 5.82 Å². The zero-order chi connectivity index (χ0) is 15.9. The van der Waals surface area contributed by atoms with Crippen LogP contribution in [0.25, 0.3) is 0 Å². The lowest BCUT2D eigenvalue weighted by molar-refractivity contribution is -0.118. The number of carbonyl (C=O) groups excluding carboxylic acids is 1. The Morgan fingerprint density at radius 3 is 2.59 bits per heavy atom. The molecule has 2 aromatic rings. The van der Waals surface area contributed by atoms with Crippen molar-refractivity contribution in [2.45, 2.75) is 33.1 Å². The number of aryl methyl sites for hydroxylation is 1. The second-order valence-electron chi connectivity index (χ2n) is 5.27. The van der Waals surface area contributed by atoms with Crippen LogP contribution in [0.1, 0.15) is 38.1 Å². The minimum atomic E-state index is -0.242. The van der Waals surface area contributed by atoms with E-state index in [1.807, 2.05) is 31.2 Å². The molecule has 0 aliphatic carbocycles. The van der Waals surface area contributed by atoms with Crippen molar-refractivity contribution < 1.29 is 9.53 Å². The van der Waals surface area contributed by atoms with Crippen molar-refractivity contribution in [2.75, 3.05) is 11.9 Å². The van der Waals surface area contributed by atoms with Crippen molar-refractivity contribution in [3.63, 3.8) is 0 Å². The Bertz CT molecular complexity index is 624. The van der Waals surface area contributed by atoms with E-state index in [-0.39, 0.29) is 12.5 Å². The number of aromatic nitrogens is 2. The van der Waals surface area contributed by atoms with E-state index in [0.717, 1.165) is 6.42 Å². The van der Waals surface area contributed by atoms with Crippen molar-refractivity contribution in [1.29, 1.82) is 0 Å². The number of hydrogen-bond acceptors (Lipinski definition) is 4. The molecule has 0 unspecified atom stereocenters. The van der Waals surface area contributed by atoms with Crippen LogP contribution in [0, 0.1) is 0 Å². The Morgan fingerprint density at radius 2 is 1.95 bits per heavy atom. The number of nitrogens with one attached hydrogen (secondary N) is 1. The van der Waals surface area contributed by atoms with Crippen molar-refractivity contribution in [1.82, 2.24) is 9.97 Å². The molecule has 1 N–H and O–H groups in total. The zero-order valence-electron chi connectivity index (χ0n) is 13.2. The molecule has 0 aliphatic rings. The predicted molar refractivity (Wildman–Crippen MR) is 86.1 cm³/mol. The summed E-state index contributed by atoms with van der Waals surface area (Å²) in [6.45, 7) is 6.18. The van der Waals surface area contributed by atoms with Gasteiger partial charge >= 0.3 is 0 Å². The Labute approximate surface area is 130 Å². The molecular weight excluding hydrogens is 278 g/mol. The van der Waals surface area contributed by atoms with Crippen LogP contribution < -0.4 is 10.1 Å². The fourth-order valence-electron chi connectivity index (χ4n) is 1.92. The molecule has 0 atom stereocenters. The van der Waals surface area contributed by atoms with Crippen LogP contribution in [0.3, 0.4) is 0 Å². The van der Waals surface area contributed by atoms with Crippen molar-refractivity contribution >= 4 is 11.7 Å².